The van der Waals surface area contributed by atoms with Gasteiger partial charge in [-0.3, -0.25) is 4.79 Å². The molecule has 2 heterocycles. The van der Waals surface area contributed by atoms with Crippen molar-refractivity contribution in [1.29, 1.82) is 0 Å². The van der Waals surface area contributed by atoms with E-state index in [1.54, 1.807) is 38.3 Å². The van der Waals surface area contributed by atoms with Crippen molar-refractivity contribution in [2.75, 3.05) is 20.3 Å². The van der Waals surface area contributed by atoms with Gasteiger partial charge in [0.1, 0.15) is 19.0 Å². The highest BCUT2D eigenvalue weighted by atomic mass is 16.6. The molecule has 3 rings (SSSR count). The molecule has 0 amide bonds. The van der Waals surface area contributed by atoms with E-state index < -0.39 is 0 Å². The molecule has 1 aliphatic rings. The molecule has 0 N–H and O–H groups in total. The van der Waals surface area contributed by atoms with Crippen LogP contribution in [0.1, 0.15) is 21.9 Å². The zero-order valence-electron chi connectivity index (χ0n) is 12.4. The topological polar surface area (TPSA) is 57.9 Å². The fourth-order valence-corrected chi connectivity index (χ4v) is 2.21. The molecule has 2 aromatic rings. The van der Waals surface area contributed by atoms with Crippen molar-refractivity contribution in [2.24, 2.45) is 0 Å². The van der Waals surface area contributed by atoms with Crippen molar-refractivity contribution in [2.45, 2.75) is 6.92 Å². The third-order valence-electron chi connectivity index (χ3n) is 3.26. The predicted octanol–water partition coefficient (Wildman–Crippen LogP) is 3.26. The molecule has 0 saturated heterocycles. The van der Waals surface area contributed by atoms with Gasteiger partial charge >= 0.3 is 0 Å². The van der Waals surface area contributed by atoms with Crippen molar-refractivity contribution in [1.82, 2.24) is 0 Å². The number of carbonyl (C=O) groups excluding carboxylic acids is 1. The summed E-state index contributed by atoms with van der Waals surface area (Å²) in [5, 5.41) is 0. The maximum Gasteiger partial charge on any atom is 0.221 e. The van der Waals surface area contributed by atoms with Gasteiger partial charge in [0.2, 0.25) is 11.5 Å². The van der Waals surface area contributed by atoms with Crippen LogP contribution in [0.15, 0.2) is 34.8 Å². The maximum atomic E-state index is 12.0. The van der Waals surface area contributed by atoms with E-state index in [9.17, 15) is 4.79 Å². The van der Waals surface area contributed by atoms with Crippen LogP contribution in [0.25, 0.3) is 6.08 Å². The lowest BCUT2D eigenvalue weighted by atomic mass is 10.1. The molecule has 0 fully saturated rings. The lowest BCUT2D eigenvalue weighted by Crippen LogP contribution is -2.16. The molecule has 1 aromatic carbocycles. The number of aryl methyl sites for hydroxylation is 1. The molecule has 0 bridgehead atoms. The van der Waals surface area contributed by atoms with E-state index in [0.717, 1.165) is 5.56 Å². The van der Waals surface area contributed by atoms with Crippen molar-refractivity contribution in [3.63, 3.8) is 0 Å². The van der Waals surface area contributed by atoms with E-state index >= 15 is 0 Å². The summed E-state index contributed by atoms with van der Waals surface area (Å²) in [6, 6.07) is 7.03. The number of furan rings is 1. The van der Waals surface area contributed by atoms with Crippen LogP contribution in [0.3, 0.4) is 0 Å². The van der Waals surface area contributed by atoms with E-state index in [-0.39, 0.29) is 5.78 Å². The Kier molecular flexibility index (Phi) is 3.87. The summed E-state index contributed by atoms with van der Waals surface area (Å²) >= 11 is 0. The van der Waals surface area contributed by atoms with Gasteiger partial charge in [0.25, 0.3) is 0 Å². The molecule has 0 aliphatic carbocycles. The highest BCUT2D eigenvalue weighted by Crippen LogP contribution is 2.40. The number of rotatable bonds is 4. The molecular weight excluding hydrogens is 284 g/mol. The number of ketones is 1. The molecular formula is C17H16O5. The molecule has 0 saturated carbocycles. The van der Waals surface area contributed by atoms with Crippen LogP contribution < -0.4 is 14.2 Å². The Bertz CT molecular complexity index is 709. The number of benzene rings is 1. The van der Waals surface area contributed by atoms with Crippen molar-refractivity contribution >= 4 is 11.9 Å². The quantitative estimate of drug-likeness (QED) is 0.640. The molecule has 0 radical (unpaired) electrons. The van der Waals surface area contributed by atoms with E-state index in [1.165, 1.54) is 6.08 Å². The monoisotopic (exact) mass is 300 g/mol. The number of ether oxygens (including phenoxy) is 3. The van der Waals surface area contributed by atoms with Gasteiger partial charge in [0.05, 0.1) is 7.11 Å². The first-order chi connectivity index (χ1) is 10.7. The second-order valence-electron chi connectivity index (χ2n) is 4.86. The van der Waals surface area contributed by atoms with E-state index in [2.05, 4.69) is 0 Å². The van der Waals surface area contributed by atoms with Crippen LogP contribution in [-0.4, -0.2) is 26.1 Å². The summed E-state index contributed by atoms with van der Waals surface area (Å²) in [7, 11) is 1.57. The SMILES string of the molecule is COc1cc(/C=C/C(=O)c2ccc(C)o2)cc2c1OCCO2. The Morgan fingerprint density at radius 2 is 2.05 bits per heavy atom. The normalized spacial score (nSPS) is 13.4. The van der Waals surface area contributed by atoms with Gasteiger partial charge in [-0.1, -0.05) is 6.08 Å². The second kappa shape index (κ2) is 5.97. The van der Waals surface area contributed by atoms with Crippen LogP contribution in [-0.2, 0) is 0 Å². The first-order valence-electron chi connectivity index (χ1n) is 6.94. The summed E-state index contributed by atoms with van der Waals surface area (Å²) < 4.78 is 21.7. The van der Waals surface area contributed by atoms with Crippen molar-refractivity contribution < 1.29 is 23.4 Å². The second-order valence-corrected chi connectivity index (χ2v) is 4.86. The first-order valence-corrected chi connectivity index (χ1v) is 6.94. The predicted molar refractivity (Wildman–Crippen MR) is 80.8 cm³/mol. The van der Waals surface area contributed by atoms with Crippen LogP contribution in [0.5, 0.6) is 17.2 Å². The number of hydrogen-bond acceptors (Lipinski definition) is 5. The van der Waals surface area contributed by atoms with Gasteiger partial charge in [-0.2, -0.15) is 0 Å². The molecule has 1 aliphatic heterocycles. The average Bonchev–Trinajstić information content (AvgIpc) is 2.98. The van der Waals surface area contributed by atoms with Crippen LogP contribution in [0.2, 0.25) is 0 Å². The molecule has 114 valence electrons. The van der Waals surface area contributed by atoms with Gasteiger partial charge in [0.15, 0.2) is 17.3 Å². The highest BCUT2D eigenvalue weighted by Gasteiger charge is 2.18. The summed E-state index contributed by atoms with van der Waals surface area (Å²) in [5.74, 6) is 2.63. The maximum absolute atomic E-state index is 12.0. The Morgan fingerprint density at radius 3 is 2.77 bits per heavy atom. The fourth-order valence-electron chi connectivity index (χ4n) is 2.21. The minimum Gasteiger partial charge on any atom is -0.493 e. The molecule has 5 heteroatoms. The largest absolute Gasteiger partial charge is 0.493 e. The molecule has 5 nitrogen and oxygen atoms in total. The van der Waals surface area contributed by atoms with E-state index in [1.807, 2.05) is 6.07 Å². The fraction of sp³-hybridized carbons (Fsp3) is 0.235. The number of fused-ring (bicyclic) bond motifs is 1. The summed E-state index contributed by atoms with van der Waals surface area (Å²) in [5.41, 5.74) is 0.790. The number of allylic oxidation sites excluding steroid dienone is 1. The summed E-state index contributed by atoms with van der Waals surface area (Å²) in [6.45, 7) is 2.79. The van der Waals surface area contributed by atoms with Crippen LogP contribution >= 0.6 is 0 Å². The van der Waals surface area contributed by atoms with Gasteiger partial charge in [-0.15, -0.1) is 0 Å². The Labute approximate surface area is 128 Å². The average molecular weight is 300 g/mol. The van der Waals surface area contributed by atoms with Crippen molar-refractivity contribution in [3.05, 3.63) is 47.4 Å². The minimum atomic E-state index is -0.193. The molecule has 0 atom stereocenters. The van der Waals surface area contributed by atoms with Crippen LogP contribution in [0.4, 0.5) is 0 Å². The van der Waals surface area contributed by atoms with Gasteiger partial charge < -0.3 is 18.6 Å². The van der Waals surface area contributed by atoms with Crippen molar-refractivity contribution in [3.8, 4) is 17.2 Å². The Morgan fingerprint density at radius 1 is 1.23 bits per heavy atom. The number of methoxy groups -OCH3 is 1. The van der Waals surface area contributed by atoms with E-state index in [4.69, 9.17) is 18.6 Å². The number of hydrogen-bond donors (Lipinski definition) is 0. The standard InChI is InChI=1S/C17H16O5/c1-11-3-6-14(22-11)13(18)5-4-12-9-15(19-2)17-16(10-12)20-7-8-21-17/h3-6,9-10H,7-8H2,1-2H3/b5-4+. The smallest absolute Gasteiger partial charge is 0.221 e. The zero-order chi connectivity index (χ0) is 15.5. The molecule has 0 unspecified atom stereocenters. The third kappa shape index (κ3) is 2.83. The van der Waals surface area contributed by atoms with E-state index in [0.29, 0.717) is 42.0 Å². The van der Waals surface area contributed by atoms with Gasteiger partial charge in [-0.05, 0) is 42.8 Å². The summed E-state index contributed by atoms with van der Waals surface area (Å²) in [4.78, 5) is 12.0. The van der Waals surface area contributed by atoms with Gasteiger partial charge in [0, 0.05) is 0 Å². The molecule has 0 spiro atoms. The minimum absolute atomic E-state index is 0.193. The lowest BCUT2D eigenvalue weighted by molar-refractivity contribution is 0.102. The third-order valence-corrected chi connectivity index (χ3v) is 3.26. The molecule has 22 heavy (non-hydrogen) atoms. The zero-order valence-corrected chi connectivity index (χ0v) is 12.4. The molecule has 1 aromatic heterocycles. The number of carbonyl (C=O) groups is 1. The Balaban J connectivity index is 1.85. The highest BCUT2D eigenvalue weighted by molar-refractivity contribution is 6.04. The van der Waals surface area contributed by atoms with Crippen LogP contribution in [0, 0.1) is 6.92 Å². The Hall–Kier alpha value is -2.69. The van der Waals surface area contributed by atoms with Gasteiger partial charge in [-0.25, -0.2) is 0 Å². The summed E-state index contributed by atoms with van der Waals surface area (Å²) in [6.07, 6.45) is 3.16. The lowest BCUT2D eigenvalue weighted by Gasteiger charge is -2.20. The first kappa shape index (κ1) is 14.3.